The number of carbonyl (C=O) groups excluding carboxylic acids is 1. The van der Waals surface area contributed by atoms with Crippen LogP contribution in [0.5, 0.6) is 0 Å². The van der Waals surface area contributed by atoms with E-state index in [-0.39, 0.29) is 0 Å². The lowest BCUT2D eigenvalue weighted by molar-refractivity contribution is 0.100. The molecule has 1 amide bonds. The zero-order valence-electron chi connectivity index (χ0n) is 11.5. The quantitative estimate of drug-likeness (QED) is 0.818. The van der Waals surface area contributed by atoms with Crippen molar-refractivity contribution in [2.75, 3.05) is 37.8 Å². The van der Waals surface area contributed by atoms with E-state index in [0.717, 1.165) is 25.3 Å². The van der Waals surface area contributed by atoms with E-state index < -0.39 is 5.91 Å². The summed E-state index contributed by atoms with van der Waals surface area (Å²) >= 11 is 0. The van der Waals surface area contributed by atoms with Crippen LogP contribution in [-0.4, -0.2) is 49.0 Å². The zero-order chi connectivity index (χ0) is 14.0. The number of hydrogen-bond acceptors (Lipinski definition) is 5. The number of hydrogen-bond donors (Lipinski definition) is 2. The fraction of sp³-hybridized carbons (Fsp3) is 0.538. The summed E-state index contributed by atoms with van der Waals surface area (Å²) in [5.74, 6) is 0.261. The summed E-state index contributed by atoms with van der Waals surface area (Å²) in [5, 5.41) is 0. The van der Waals surface area contributed by atoms with Crippen LogP contribution in [0.1, 0.15) is 23.2 Å². The van der Waals surface area contributed by atoms with E-state index in [4.69, 9.17) is 11.5 Å². The van der Waals surface area contributed by atoms with Gasteiger partial charge in [-0.15, -0.1) is 0 Å². The second-order valence-electron chi connectivity index (χ2n) is 5.20. The summed E-state index contributed by atoms with van der Waals surface area (Å²) in [7, 11) is 4.17. The molecule has 0 saturated carbocycles. The van der Waals surface area contributed by atoms with Crippen LogP contribution in [0.2, 0.25) is 0 Å². The van der Waals surface area contributed by atoms with Crippen molar-refractivity contribution in [2.24, 2.45) is 5.73 Å². The molecule has 1 aromatic rings. The topological polar surface area (TPSA) is 88.5 Å². The van der Waals surface area contributed by atoms with E-state index in [1.165, 1.54) is 12.6 Å². The number of rotatable bonds is 3. The number of anilines is 2. The number of primary amides is 1. The number of amides is 1. The first kappa shape index (κ1) is 13.6. The summed E-state index contributed by atoms with van der Waals surface area (Å²) in [6, 6.07) is 2.19. The summed E-state index contributed by atoms with van der Waals surface area (Å²) in [4.78, 5) is 20.0. The summed E-state index contributed by atoms with van der Waals surface area (Å²) < 4.78 is 0. The molecular formula is C13H21N5O. The molecular weight excluding hydrogens is 242 g/mol. The lowest BCUT2D eigenvalue weighted by Gasteiger charge is -2.36. The summed E-state index contributed by atoms with van der Waals surface area (Å²) in [6.07, 6.45) is 3.80. The van der Waals surface area contributed by atoms with Gasteiger partial charge in [0.15, 0.2) is 0 Å². The monoisotopic (exact) mass is 263 g/mol. The Balaban J connectivity index is 2.22. The van der Waals surface area contributed by atoms with Crippen molar-refractivity contribution in [3.05, 3.63) is 17.8 Å². The van der Waals surface area contributed by atoms with Gasteiger partial charge in [0, 0.05) is 19.1 Å². The van der Waals surface area contributed by atoms with Gasteiger partial charge in [0.2, 0.25) is 0 Å². The molecule has 0 radical (unpaired) electrons. The number of nitrogen functional groups attached to an aromatic ring is 1. The van der Waals surface area contributed by atoms with Gasteiger partial charge in [-0.3, -0.25) is 4.79 Å². The highest BCUT2D eigenvalue weighted by Gasteiger charge is 2.23. The Morgan fingerprint density at radius 2 is 2.26 bits per heavy atom. The molecule has 6 nitrogen and oxygen atoms in total. The van der Waals surface area contributed by atoms with Crippen molar-refractivity contribution in [1.29, 1.82) is 0 Å². The van der Waals surface area contributed by atoms with Crippen LogP contribution in [0.15, 0.2) is 12.3 Å². The third-order valence-corrected chi connectivity index (χ3v) is 3.64. The predicted molar refractivity (Wildman–Crippen MR) is 76.1 cm³/mol. The number of pyridine rings is 1. The van der Waals surface area contributed by atoms with E-state index in [2.05, 4.69) is 28.9 Å². The number of likely N-dealkylation sites (N-methyl/N-ethyl adjacent to an activating group) is 1. The van der Waals surface area contributed by atoms with Crippen molar-refractivity contribution in [3.8, 4) is 0 Å². The standard InChI is InChI=1S/C13H21N5O/c1-17(2)9-4-3-5-18(8-9)12-6-10(13(15)19)11(14)7-16-12/h6-7,9H,3-5,8,14H2,1-2H3,(H2,15,19). The molecule has 1 fully saturated rings. The lowest BCUT2D eigenvalue weighted by Crippen LogP contribution is -2.45. The maximum atomic E-state index is 11.3. The van der Waals surface area contributed by atoms with E-state index in [1.807, 2.05) is 0 Å². The zero-order valence-corrected chi connectivity index (χ0v) is 11.5. The van der Waals surface area contributed by atoms with E-state index in [9.17, 15) is 4.79 Å². The maximum Gasteiger partial charge on any atom is 0.250 e. The molecule has 1 saturated heterocycles. The van der Waals surface area contributed by atoms with Crippen molar-refractivity contribution in [1.82, 2.24) is 9.88 Å². The SMILES string of the molecule is CN(C)C1CCCN(c2cc(C(N)=O)c(N)cn2)C1. The van der Waals surface area contributed by atoms with E-state index in [1.54, 1.807) is 6.07 Å². The normalized spacial score (nSPS) is 19.7. The number of piperidine rings is 1. The highest BCUT2D eigenvalue weighted by Crippen LogP contribution is 2.22. The molecule has 1 aliphatic rings. The highest BCUT2D eigenvalue weighted by molar-refractivity contribution is 5.98. The Hall–Kier alpha value is -1.82. The molecule has 2 rings (SSSR count). The molecule has 1 atom stereocenters. The third-order valence-electron chi connectivity index (χ3n) is 3.64. The first-order chi connectivity index (χ1) is 8.99. The first-order valence-electron chi connectivity index (χ1n) is 6.45. The van der Waals surface area contributed by atoms with E-state index in [0.29, 0.717) is 17.3 Å². The Morgan fingerprint density at radius 1 is 1.53 bits per heavy atom. The predicted octanol–water partition coefficient (Wildman–Crippen LogP) is 0.293. The molecule has 4 N–H and O–H groups in total. The molecule has 1 unspecified atom stereocenters. The maximum absolute atomic E-state index is 11.3. The molecule has 1 aliphatic heterocycles. The van der Waals surface area contributed by atoms with Gasteiger partial charge >= 0.3 is 0 Å². The average molecular weight is 263 g/mol. The molecule has 2 heterocycles. The van der Waals surface area contributed by atoms with Gasteiger partial charge in [-0.25, -0.2) is 4.98 Å². The van der Waals surface area contributed by atoms with Crippen molar-refractivity contribution >= 4 is 17.4 Å². The molecule has 104 valence electrons. The Kier molecular flexibility index (Phi) is 3.90. The van der Waals surface area contributed by atoms with Crippen molar-refractivity contribution in [3.63, 3.8) is 0 Å². The van der Waals surface area contributed by atoms with Crippen LogP contribution in [0.25, 0.3) is 0 Å². The molecule has 0 aromatic carbocycles. The van der Waals surface area contributed by atoms with Crippen LogP contribution in [0.4, 0.5) is 11.5 Å². The summed E-state index contributed by atoms with van der Waals surface area (Å²) in [6.45, 7) is 1.85. The minimum absolute atomic E-state index is 0.331. The summed E-state index contributed by atoms with van der Waals surface area (Å²) in [5.41, 5.74) is 11.7. The second kappa shape index (κ2) is 5.44. The Morgan fingerprint density at radius 3 is 2.89 bits per heavy atom. The van der Waals surface area contributed by atoms with Crippen LogP contribution in [0, 0.1) is 0 Å². The number of aromatic nitrogens is 1. The molecule has 1 aromatic heterocycles. The van der Waals surface area contributed by atoms with Gasteiger partial charge in [0.05, 0.1) is 17.4 Å². The van der Waals surface area contributed by atoms with Crippen molar-refractivity contribution < 1.29 is 4.79 Å². The Labute approximate surface area is 113 Å². The number of nitrogens with zero attached hydrogens (tertiary/aromatic N) is 3. The van der Waals surface area contributed by atoms with Crippen LogP contribution >= 0.6 is 0 Å². The highest BCUT2D eigenvalue weighted by atomic mass is 16.1. The Bertz CT molecular complexity index is 474. The largest absolute Gasteiger partial charge is 0.397 e. The number of nitrogens with two attached hydrogens (primary N) is 2. The average Bonchev–Trinajstić information content (AvgIpc) is 2.39. The molecule has 0 bridgehead atoms. The molecule has 0 spiro atoms. The molecule has 19 heavy (non-hydrogen) atoms. The molecule has 0 aliphatic carbocycles. The van der Waals surface area contributed by atoms with Gasteiger partial charge in [0.25, 0.3) is 5.91 Å². The third kappa shape index (κ3) is 2.96. The minimum atomic E-state index is -0.512. The van der Waals surface area contributed by atoms with E-state index >= 15 is 0 Å². The van der Waals surface area contributed by atoms with Gasteiger partial charge in [-0.05, 0) is 33.0 Å². The van der Waals surface area contributed by atoms with Crippen LogP contribution in [0.3, 0.4) is 0 Å². The van der Waals surface area contributed by atoms with Gasteiger partial charge in [-0.1, -0.05) is 0 Å². The van der Waals surface area contributed by atoms with Crippen LogP contribution in [-0.2, 0) is 0 Å². The van der Waals surface area contributed by atoms with Crippen molar-refractivity contribution in [2.45, 2.75) is 18.9 Å². The lowest BCUT2D eigenvalue weighted by atomic mass is 10.0. The van der Waals surface area contributed by atoms with Gasteiger partial charge in [-0.2, -0.15) is 0 Å². The van der Waals surface area contributed by atoms with Crippen LogP contribution < -0.4 is 16.4 Å². The fourth-order valence-electron chi connectivity index (χ4n) is 2.43. The minimum Gasteiger partial charge on any atom is -0.397 e. The first-order valence-corrected chi connectivity index (χ1v) is 6.45. The fourth-order valence-corrected chi connectivity index (χ4v) is 2.43. The molecule has 6 heteroatoms. The van der Waals surface area contributed by atoms with Gasteiger partial charge in [0.1, 0.15) is 5.82 Å². The smallest absolute Gasteiger partial charge is 0.250 e. The van der Waals surface area contributed by atoms with Gasteiger partial charge < -0.3 is 21.3 Å². The number of carbonyl (C=O) groups is 1. The second-order valence-corrected chi connectivity index (χ2v) is 5.20.